The Morgan fingerprint density at radius 3 is 2.26 bits per heavy atom. The van der Waals surface area contributed by atoms with Crippen molar-refractivity contribution in [2.75, 3.05) is 27.9 Å². The Bertz CT molecular complexity index is 1710. The van der Waals surface area contributed by atoms with Crippen molar-refractivity contribution in [2.24, 2.45) is 41.4 Å². The van der Waals surface area contributed by atoms with Crippen LogP contribution in [0.4, 0.5) is 0 Å². The number of hydrogen-bond acceptors (Lipinski definition) is 12. The molecule has 13 nitrogen and oxygen atoms in total. The van der Waals surface area contributed by atoms with E-state index < -0.39 is 71.8 Å². The van der Waals surface area contributed by atoms with Gasteiger partial charge in [-0.3, -0.25) is 14.4 Å². The van der Waals surface area contributed by atoms with E-state index in [4.69, 9.17) is 23.7 Å². The maximum absolute atomic E-state index is 14.4. The monoisotopic (exact) mass is 914 g/mol. The van der Waals surface area contributed by atoms with Crippen LogP contribution in [0.1, 0.15) is 132 Å². The Kier molecular flexibility index (Phi) is 21.3. The molecule has 0 aromatic rings. The number of nitrogens with zero attached hydrogens (tertiary/aromatic N) is 1. The topological polar surface area (TPSA) is 178 Å². The highest BCUT2D eigenvalue weighted by Crippen LogP contribution is 2.38. The number of carbonyl (C=O) groups is 4. The number of carbonyl (C=O) groups excluding carboxylic acids is 4. The van der Waals surface area contributed by atoms with Crippen molar-refractivity contribution < 1.29 is 58.2 Å². The van der Waals surface area contributed by atoms with Crippen LogP contribution in [-0.2, 0) is 42.9 Å². The lowest BCUT2D eigenvalue weighted by Gasteiger charge is -2.42. The van der Waals surface area contributed by atoms with Gasteiger partial charge in [-0.15, -0.1) is 0 Å². The highest BCUT2D eigenvalue weighted by Gasteiger charge is 2.53. The van der Waals surface area contributed by atoms with Gasteiger partial charge >= 0.3 is 5.97 Å². The quantitative estimate of drug-likeness (QED) is 0.180. The SMILES string of the molecule is CO[C@H]1[C@@H](C)[C@H](C)C[C@H](C)C=CC=CC=C(C)[C@@H](OC)C[C@@H]2CC[C@@H](C)[C@@](O)(O2)C(=O)C(=O)N2CCCC[C@H]2C(=O)O[C@H]([C@H](C)C[C@@H]2CC[C@@H](O)[C@H](OC)C2)CC(=O)C(C)=CC(C)[C@H]1O. The predicted octanol–water partition coefficient (Wildman–Crippen LogP) is 7.25. The van der Waals surface area contributed by atoms with Crippen molar-refractivity contribution in [1.82, 2.24) is 4.90 Å². The van der Waals surface area contributed by atoms with Crippen LogP contribution < -0.4 is 0 Å². The Labute approximate surface area is 389 Å². The normalized spacial score (nSPS) is 39.0. The van der Waals surface area contributed by atoms with E-state index in [1.54, 1.807) is 41.3 Å². The summed E-state index contributed by atoms with van der Waals surface area (Å²) in [6.45, 7) is 15.7. The molecule has 1 unspecified atom stereocenters. The molecule has 2 bridgehead atoms. The molecule has 0 radical (unpaired) electrons. The van der Waals surface area contributed by atoms with Crippen molar-refractivity contribution in [3.8, 4) is 0 Å². The van der Waals surface area contributed by atoms with Crippen molar-refractivity contribution in [3.63, 3.8) is 0 Å². The number of Topliss-reactive ketones (excluding diaryl/α,β-unsaturated/α-hetero) is 2. The smallest absolute Gasteiger partial charge is 0.329 e. The fraction of sp³-hybridized carbons (Fsp3) is 0.769. The van der Waals surface area contributed by atoms with E-state index in [1.807, 2.05) is 45.1 Å². The van der Waals surface area contributed by atoms with Crippen LogP contribution in [0.5, 0.6) is 0 Å². The molecule has 1 amide bonds. The number of aliphatic hydroxyl groups excluding tert-OH is 2. The molecule has 0 spiro atoms. The molecule has 13 heteroatoms. The van der Waals surface area contributed by atoms with Gasteiger partial charge in [-0.2, -0.15) is 0 Å². The number of methoxy groups -OCH3 is 3. The lowest BCUT2D eigenvalue weighted by Crippen LogP contribution is -2.61. The number of piperidine rings is 1. The van der Waals surface area contributed by atoms with Crippen LogP contribution in [0.25, 0.3) is 0 Å². The molecule has 0 aromatic heterocycles. The Morgan fingerprint density at radius 2 is 1.58 bits per heavy atom. The minimum absolute atomic E-state index is 0.00187. The molecule has 3 heterocycles. The molecule has 4 aliphatic rings. The number of cyclic esters (lactones) is 1. The summed E-state index contributed by atoms with van der Waals surface area (Å²) in [5.41, 5.74) is 1.35. The molecule has 3 fully saturated rings. The molecule has 1 saturated carbocycles. The molecule has 3 aliphatic heterocycles. The van der Waals surface area contributed by atoms with Gasteiger partial charge in [-0.25, -0.2) is 4.79 Å². The van der Waals surface area contributed by atoms with Crippen LogP contribution in [0, 0.1) is 41.4 Å². The van der Waals surface area contributed by atoms with E-state index in [2.05, 4.69) is 26.8 Å². The molecule has 368 valence electrons. The Balaban J connectivity index is 1.70. The highest BCUT2D eigenvalue weighted by atomic mass is 16.6. The third-order valence-corrected chi connectivity index (χ3v) is 15.2. The highest BCUT2D eigenvalue weighted by molar-refractivity contribution is 6.39. The third kappa shape index (κ3) is 14.5. The molecule has 0 aromatic carbocycles. The van der Waals surface area contributed by atoms with E-state index in [1.165, 1.54) is 4.90 Å². The summed E-state index contributed by atoms with van der Waals surface area (Å²) in [6.07, 6.45) is 13.7. The van der Waals surface area contributed by atoms with Gasteiger partial charge in [-0.1, -0.05) is 78.0 Å². The molecule has 2 saturated heterocycles. The zero-order chi connectivity index (χ0) is 48.2. The van der Waals surface area contributed by atoms with E-state index in [-0.39, 0.29) is 67.0 Å². The first-order valence-corrected chi connectivity index (χ1v) is 24.4. The minimum atomic E-state index is -2.41. The molecular formula is C52H83NO12. The second-order valence-electron chi connectivity index (χ2n) is 20.2. The Hall–Kier alpha value is -3.04. The number of ether oxygens (including phenoxy) is 5. The standard InChI is InChI=1S/C52H83NO12/c1-31-17-13-12-14-18-32(2)44(61-9)29-40-22-20-37(7)52(60,65-40)49(57)50(58)53-24-16-15-19-41(53)51(59)64-45(35(5)27-39-21-23-42(54)46(28-39)62-10)30-43(55)34(4)26-36(6)47(56)48(63-11)38(8)33(3)25-31/h12-14,17-18,26,31,33,35-42,44-48,54,56,60H,15-16,19-25,27-30H2,1-11H3/t31-,33-,35-,36?,37-,38+,39+,40+,41+,42-,44+,45+,46-,47-,48+,52-/m1/s1. The first-order valence-electron chi connectivity index (χ1n) is 24.4. The maximum atomic E-state index is 14.4. The van der Waals surface area contributed by atoms with Gasteiger partial charge in [0.1, 0.15) is 12.1 Å². The minimum Gasteiger partial charge on any atom is -0.460 e. The number of rotatable bonds is 6. The van der Waals surface area contributed by atoms with Gasteiger partial charge in [0.15, 0.2) is 5.78 Å². The molecule has 4 rings (SSSR count). The van der Waals surface area contributed by atoms with Gasteiger partial charge in [0.2, 0.25) is 5.79 Å². The van der Waals surface area contributed by atoms with Crippen LogP contribution >= 0.6 is 0 Å². The first-order chi connectivity index (χ1) is 30.7. The second kappa shape index (κ2) is 25.4. The van der Waals surface area contributed by atoms with Crippen LogP contribution in [0.15, 0.2) is 47.6 Å². The lowest BCUT2D eigenvalue weighted by atomic mass is 9.78. The molecule has 16 atom stereocenters. The first kappa shape index (κ1) is 54.6. The number of allylic oxidation sites excluding steroid dienone is 6. The molecular weight excluding hydrogens is 831 g/mol. The summed E-state index contributed by atoms with van der Waals surface area (Å²) < 4.78 is 29.8. The number of aliphatic hydroxyl groups is 3. The van der Waals surface area contributed by atoms with E-state index in [0.717, 1.165) is 18.4 Å². The second-order valence-corrected chi connectivity index (χ2v) is 20.2. The number of amides is 1. The zero-order valence-corrected chi connectivity index (χ0v) is 41.3. The van der Waals surface area contributed by atoms with Crippen LogP contribution in [-0.4, -0.2) is 126 Å². The van der Waals surface area contributed by atoms with Gasteiger partial charge < -0.3 is 43.9 Å². The zero-order valence-electron chi connectivity index (χ0n) is 41.3. The summed E-state index contributed by atoms with van der Waals surface area (Å²) in [6, 6.07) is -1.11. The lowest BCUT2D eigenvalue weighted by molar-refractivity contribution is -0.265. The number of ketones is 2. The van der Waals surface area contributed by atoms with Crippen molar-refractivity contribution in [1.29, 1.82) is 0 Å². The largest absolute Gasteiger partial charge is 0.460 e. The van der Waals surface area contributed by atoms with Crippen molar-refractivity contribution in [3.05, 3.63) is 47.6 Å². The maximum Gasteiger partial charge on any atom is 0.329 e. The molecule has 3 N–H and O–H groups in total. The fourth-order valence-corrected chi connectivity index (χ4v) is 10.6. The number of fused-ring (bicyclic) bond motifs is 3. The van der Waals surface area contributed by atoms with Gasteiger partial charge in [0.05, 0.1) is 36.6 Å². The van der Waals surface area contributed by atoms with Crippen molar-refractivity contribution in [2.45, 2.75) is 187 Å². The van der Waals surface area contributed by atoms with Crippen LogP contribution in [0.2, 0.25) is 0 Å². The Morgan fingerprint density at radius 1 is 0.862 bits per heavy atom. The van der Waals surface area contributed by atoms with E-state index in [9.17, 15) is 34.5 Å². The van der Waals surface area contributed by atoms with E-state index >= 15 is 0 Å². The molecule has 65 heavy (non-hydrogen) atoms. The van der Waals surface area contributed by atoms with Gasteiger partial charge in [0, 0.05) is 52.6 Å². The molecule has 1 aliphatic carbocycles. The third-order valence-electron chi connectivity index (χ3n) is 15.2. The number of hydrogen-bond donors (Lipinski definition) is 3. The predicted molar refractivity (Wildman–Crippen MR) is 249 cm³/mol. The van der Waals surface area contributed by atoms with Gasteiger partial charge in [0.25, 0.3) is 11.7 Å². The summed E-state index contributed by atoms with van der Waals surface area (Å²) in [4.78, 5) is 58.2. The fourth-order valence-electron chi connectivity index (χ4n) is 10.6. The average molecular weight is 914 g/mol. The van der Waals surface area contributed by atoms with E-state index in [0.29, 0.717) is 56.9 Å². The van der Waals surface area contributed by atoms with Crippen LogP contribution in [0.3, 0.4) is 0 Å². The number of esters is 1. The van der Waals surface area contributed by atoms with Crippen molar-refractivity contribution >= 4 is 23.4 Å². The summed E-state index contributed by atoms with van der Waals surface area (Å²) >= 11 is 0. The summed E-state index contributed by atoms with van der Waals surface area (Å²) in [5.74, 6) is -6.33. The van der Waals surface area contributed by atoms with Gasteiger partial charge in [-0.05, 0) is 119 Å². The summed E-state index contributed by atoms with van der Waals surface area (Å²) in [7, 11) is 4.79. The summed E-state index contributed by atoms with van der Waals surface area (Å²) in [5, 5.41) is 34.1. The average Bonchev–Trinajstić information content (AvgIpc) is 3.28.